The molecule has 0 aromatic carbocycles. The van der Waals surface area contributed by atoms with Gasteiger partial charge in [0.05, 0.1) is 5.56 Å². The van der Waals surface area contributed by atoms with Crippen LogP contribution in [0.2, 0.25) is 0 Å². The van der Waals surface area contributed by atoms with Crippen LogP contribution in [0.5, 0.6) is 0 Å². The van der Waals surface area contributed by atoms with Gasteiger partial charge < -0.3 is 14.2 Å². The van der Waals surface area contributed by atoms with E-state index in [0.717, 1.165) is 4.90 Å². The van der Waals surface area contributed by atoms with Gasteiger partial charge in [0.15, 0.2) is 0 Å². The van der Waals surface area contributed by atoms with E-state index in [-0.39, 0.29) is 25.0 Å². The number of nitrogens with zero attached hydrogens (tertiary/aromatic N) is 2. The van der Waals surface area contributed by atoms with Crippen molar-refractivity contribution in [2.75, 3.05) is 26.2 Å². The Labute approximate surface area is 138 Å². The van der Waals surface area contributed by atoms with E-state index in [2.05, 4.69) is 0 Å². The van der Waals surface area contributed by atoms with E-state index in [1.165, 1.54) is 4.90 Å². The van der Waals surface area contributed by atoms with Crippen LogP contribution in [0.4, 0.5) is 13.2 Å². The number of alkyl halides is 3. The van der Waals surface area contributed by atoms with Crippen LogP contribution in [-0.2, 0) is 10.2 Å². The molecule has 1 aromatic heterocycles. The molecule has 24 heavy (non-hydrogen) atoms. The summed E-state index contributed by atoms with van der Waals surface area (Å²) < 4.78 is 42.9. The lowest BCUT2D eigenvalue weighted by atomic mass is 9.93. The Morgan fingerprint density at radius 3 is 2.33 bits per heavy atom. The van der Waals surface area contributed by atoms with Crippen LogP contribution >= 0.6 is 0 Å². The van der Waals surface area contributed by atoms with Crippen molar-refractivity contribution >= 4 is 11.8 Å². The van der Waals surface area contributed by atoms with Crippen molar-refractivity contribution in [1.29, 1.82) is 0 Å². The molecular formula is C16H21F3N2O3. The molecule has 0 N–H and O–H groups in total. The normalized spacial score (nSPS) is 16.7. The quantitative estimate of drug-likeness (QED) is 0.827. The van der Waals surface area contributed by atoms with Gasteiger partial charge >= 0.3 is 6.18 Å². The molecule has 1 saturated heterocycles. The van der Waals surface area contributed by atoms with E-state index in [0.29, 0.717) is 17.1 Å². The second-order valence-electron chi connectivity index (χ2n) is 6.99. The zero-order chi connectivity index (χ0) is 18.3. The van der Waals surface area contributed by atoms with Crippen molar-refractivity contribution in [3.8, 4) is 0 Å². The van der Waals surface area contributed by atoms with Crippen LogP contribution in [0, 0.1) is 6.92 Å². The fraction of sp³-hybridized carbons (Fsp3) is 0.625. The number of halogens is 3. The Morgan fingerprint density at radius 2 is 1.88 bits per heavy atom. The standard InChI is InChI=1S/C16H21F3N2O3/c1-10-11(7-12(24-10)15(2,3)4)14(23)20-5-6-21(13(22)8-20)9-16(17,18)19/h7H,5-6,8-9H2,1-4H3. The van der Waals surface area contributed by atoms with Crippen molar-refractivity contribution in [3.05, 3.63) is 23.2 Å². The summed E-state index contributed by atoms with van der Waals surface area (Å²) >= 11 is 0. The first-order valence-corrected chi connectivity index (χ1v) is 7.63. The molecule has 0 atom stereocenters. The molecule has 8 heteroatoms. The summed E-state index contributed by atoms with van der Waals surface area (Å²) in [4.78, 5) is 26.4. The van der Waals surface area contributed by atoms with E-state index in [1.54, 1.807) is 13.0 Å². The minimum atomic E-state index is -4.44. The lowest BCUT2D eigenvalue weighted by Gasteiger charge is -2.34. The van der Waals surface area contributed by atoms with Gasteiger partial charge in [0.25, 0.3) is 5.91 Å². The topological polar surface area (TPSA) is 53.8 Å². The highest BCUT2D eigenvalue weighted by Crippen LogP contribution is 2.28. The average molecular weight is 346 g/mol. The predicted molar refractivity (Wildman–Crippen MR) is 80.7 cm³/mol. The van der Waals surface area contributed by atoms with E-state index in [9.17, 15) is 22.8 Å². The first-order chi connectivity index (χ1) is 10.9. The van der Waals surface area contributed by atoms with Gasteiger partial charge in [-0.2, -0.15) is 13.2 Å². The molecule has 0 bridgehead atoms. The fourth-order valence-corrected chi connectivity index (χ4v) is 2.50. The lowest BCUT2D eigenvalue weighted by molar-refractivity contribution is -0.164. The largest absolute Gasteiger partial charge is 0.465 e. The molecule has 1 aliphatic rings. The van der Waals surface area contributed by atoms with Gasteiger partial charge in [-0.05, 0) is 13.0 Å². The number of hydrogen-bond acceptors (Lipinski definition) is 3. The molecule has 0 aliphatic carbocycles. The van der Waals surface area contributed by atoms with Crippen molar-refractivity contribution in [3.63, 3.8) is 0 Å². The van der Waals surface area contributed by atoms with Crippen LogP contribution in [-0.4, -0.2) is 54.0 Å². The molecular weight excluding hydrogens is 325 g/mol. The van der Waals surface area contributed by atoms with Crippen LogP contribution in [0.15, 0.2) is 10.5 Å². The average Bonchev–Trinajstić information content (AvgIpc) is 2.81. The molecule has 5 nitrogen and oxygen atoms in total. The van der Waals surface area contributed by atoms with Gasteiger partial charge in [-0.3, -0.25) is 9.59 Å². The zero-order valence-electron chi connectivity index (χ0n) is 14.2. The van der Waals surface area contributed by atoms with Crippen molar-refractivity contribution in [2.24, 2.45) is 0 Å². The summed E-state index contributed by atoms with van der Waals surface area (Å²) in [5.74, 6) is -0.0173. The smallest absolute Gasteiger partial charge is 0.406 e. The summed E-state index contributed by atoms with van der Waals surface area (Å²) in [5, 5.41) is 0. The minimum absolute atomic E-state index is 0.0656. The highest BCUT2D eigenvalue weighted by atomic mass is 19.4. The van der Waals surface area contributed by atoms with E-state index < -0.39 is 24.5 Å². The SMILES string of the molecule is Cc1oc(C(C)(C)C)cc1C(=O)N1CCN(CC(F)(F)F)C(=O)C1. The lowest BCUT2D eigenvalue weighted by Crippen LogP contribution is -2.54. The van der Waals surface area contributed by atoms with Gasteiger partial charge in [0.1, 0.15) is 24.6 Å². The molecule has 2 rings (SSSR count). The summed E-state index contributed by atoms with van der Waals surface area (Å²) in [6.07, 6.45) is -4.44. The second-order valence-corrected chi connectivity index (χ2v) is 6.99. The van der Waals surface area contributed by atoms with E-state index in [4.69, 9.17) is 4.42 Å². The number of carbonyl (C=O) groups excluding carboxylic acids is 2. The van der Waals surface area contributed by atoms with Crippen molar-refractivity contribution in [1.82, 2.24) is 9.80 Å². The maximum Gasteiger partial charge on any atom is 0.406 e. The third-order valence-electron chi connectivity index (χ3n) is 3.86. The third-order valence-corrected chi connectivity index (χ3v) is 3.86. The maximum atomic E-state index is 12.6. The van der Waals surface area contributed by atoms with Gasteiger partial charge in [-0.1, -0.05) is 20.8 Å². The number of amides is 2. The summed E-state index contributed by atoms with van der Waals surface area (Å²) in [5.41, 5.74) is 0.0711. The zero-order valence-corrected chi connectivity index (χ0v) is 14.2. The Bertz CT molecular complexity index is 644. The van der Waals surface area contributed by atoms with Crippen molar-refractivity contribution < 1.29 is 27.2 Å². The number of carbonyl (C=O) groups is 2. The molecule has 1 aromatic rings. The molecule has 1 fully saturated rings. The molecule has 0 radical (unpaired) electrons. The first kappa shape index (κ1) is 18.4. The predicted octanol–water partition coefficient (Wildman–Crippen LogP) is 2.73. The number of rotatable bonds is 2. The Kier molecular flexibility index (Phi) is 4.70. The van der Waals surface area contributed by atoms with Gasteiger partial charge in [0.2, 0.25) is 5.91 Å². The molecule has 0 unspecified atom stereocenters. The van der Waals surface area contributed by atoms with E-state index >= 15 is 0 Å². The Balaban J connectivity index is 2.10. The highest BCUT2D eigenvalue weighted by molar-refractivity contribution is 5.98. The fourth-order valence-electron chi connectivity index (χ4n) is 2.50. The summed E-state index contributed by atoms with van der Waals surface area (Å²) in [6, 6.07) is 1.64. The Morgan fingerprint density at radius 1 is 1.25 bits per heavy atom. The molecule has 2 heterocycles. The first-order valence-electron chi connectivity index (χ1n) is 7.63. The number of aryl methyl sites for hydroxylation is 1. The summed E-state index contributed by atoms with van der Waals surface area (Å²) in [6.45, 7) is 5.78. The maximum absolute atomic E-state index is 12.6. The monoisotopic (exact) mass is 346 g/mol. The van der Waals surface area contributed by atoms with Crippen LogP contribution in [0.1, 0.15) is 42.6 Å². The molecule has 134 valence electrons. The molecule has 1 aliphatic heterocycles. The van der Waals surface area contributed by atoms with Crippen LogP contribution in [0.25, 0.3) is 0 Å². The number of piperazine rings is 1. The van der Waals surface area contributed by atoms with E-state index in [1.807, 2.05) is 20.8 Å². The summed E-state index contributed by atoms with van der Waals surface area (Å²) in [7, 11) is 0. The third kappa shape index (κ3) is 4.10. The Hall–Kier alpha value is -1.99. The molecule has 0 saturated carbocycles. The number of hydrogen-bond donors (Lipinski definition) is 0. The van der Waals surface area contributed by atoms with Gasteiger partial charge in [0, 0.05) is 18.5 Å². The highest BCUT2D eigenvalue weighted by Gasteiger charge is 2.37. The number of furan rings is 1. The second kappa shape index (κ2) is 6.14. The minimum Gasteiger partial charge on any atom is -0.465 e. The van der Waals surface area contributed by atoms with Crippen LogP contribution < -0.4 is 0 Å². The van der Waals surface area contributed by atoms with Crippen molar-refractivity contribution in [2.45, 2.75) is 39.3 Å². The molecule has 0 spiro atoms. The van der Waals surface area contributed by atoms with Crippen LogP contribution in [0.3, 0.4) is 0 Å². The molecule has 2 amide bonds. The van der Waals surface area contributed by atoms with Gasteiger partial charge in [-0.25, -0.2) is 0 Å². The van der Waals surface area contributed by atoms with Gasteiger partial charge in [-0.15, -0.1) is 0 Å².